The zero-order chi connectivity index (χ0) is 28.3. The maximum Gasteiger partial charge on any atom is 0.329 e. The molecule has 0 bridgehead atoms. The Kier molecular flexibility index (Phi) is 8.93. The second-order valence-corrected chi connectivity index (χ2v) is 11.6. The number of aliphatic hydroxyl groups is 1. The van der Waals surface area contributed by atoms with Crippen molar-refractivity contribution >= 4 is 18.0 Å². The SMILES string of the molecule is CCC(CC)(c1ccc(/C=C/C2(O)CCCCC2)c(C)c1)c1ccc(C(=O)N(C)C(C)(C)C(=O)O)c(C)c1. The van der Waals surface area contributed by atoms with Crippen LogP contribution in [-0.4, -0.2) is 45.2 Å². The van der Waals surface area contributed by atoms with Crippen LogP contribution in [0.1, 0.15) is 111 Å². The Morgan fingerprint density at radius 3 is 2.00 bits per heavy atom. The van der Waals surface area contributed by atoms with E-state index in [1.807, 2.05) is 25.1 Å². The number of carbonyl (C=O) groups excluding carboxylic acids is 1. The molecule has 206 valence electrons. The fourth-order valence-corrected chi connectivity index (χ4v) is 5.75. The van der Waals surface area contributed by atoms with Crippen molar-refractivity contribution in [2.45, 2.75) is 103 Å². The van der Waals surface area contributed by atoms with E-state index >= 15 is 0 Å². The van der Waals surface area contributed by atoms with Crippen LogP contribution in [0.5, 0.6) is 0 Å². The number of likely N-dealkylation sites (N-methyl/N-ethyl adjacent to an activating group) is 1. The highest BCUT2D eigenvalue weighted by Crippen LogP contribution is 2.40. The summed E-state index contributed by atoms with van der Waals surface area (Å²) in [6, 6.07) is 12.6. The van der Waals surface area contributed by atoms with Gasteiger partial charge >= 0.3 is 5.97 Å². The first-order valence-corrected chi connectivity index (χ1v) is 14.0. The molecule has 1 saturated carbocycles. The fourth-order valence-electron chi connectivity index (χ4n) is 5.75. The number of aliphatic carboxylic acids is 1. The molecular formula is C33H45NO4. The first-order valence-electron chi connectivity index (χ1n) is 14.0. The molecule has 0 atom stereocenters. The van der Waals surface area contributed by atoms with Gasteiger partial charge in [0.25, 0.3) is 5.91 Å². The zero-order valence-electron chi connectivity index (χ0n) is 24.2. The van der Waals surface area contributed by atoms with Crippen molar-refractivity contribution in [3.05, 3.63) is 75.9 Å². The molecule has 0 saturated heterocycles. The van der Waals surface area contributed by atoms with Crippen LogP contribution in [0.15, 0.2) is 42.5 Å². The molecule has 0 aliphatic heterocycles. The molecule has 0 aromatic heterocycles. The van der Waals surface area contributed by atoms with Crippen LogP contribution in [-0.2, 0) is 10.2 Å². The molecule has 1 aliphatic rings. The van der Waals surface area contributed by atoms with Crippen molar-refractivity contribution in [1.82, 2.24) is 4.90 Å². The molecule has 0 radical (unpaired) electrons. The molecule has 0 unspecified atom stereocenters. The Morgan fingerprint density at radius 2 is 1.50 bits per heavy atom. The van der Waals surface area contributed by atoms with E-state index in [1.165, 1.54) is 43.3 Å². The van der Waals surface area contributed by atoms with E-state index in [0.717, 1.165) is 55.2 Å². The van der Waals surface area contributed by atoms with Crippen LogP contribution in [0.4, 0.5) is 0 Å². The second-order valence-electron chi connectivity index (χ2n) is 11.6. The molecule has 1 fully saturated rings. The third-order valence-corrected chi connectivity index (χ3v) is 9.00. The summed E-state index contributed by atoms with van der Waals surface area (Å²) in [7, 11) is 1.54. The standard InChI is InChI=1S/C33H45NO4/c1-8-33(9-2,26-14-13-25(23(3)21-26)17-20-32(38)18-11-10-12-19-32)27-15-16-28(24(4)22-27)29(35)34(7)31(5,6)30(36)37/h13-17,20-22,38H,8-12,18-19H2,1-7H3,(H,36,37)/b20-17+. The lowest BCUT2D eigenvalue weighted by molar-refractivity contribution is -0.147. The normalized spacial score (nSPS) is 16.0. The molecule has 0 spiro atoms. The maximum absolute atomic E-state index is 13.2. The lowest BCUT2D eigenvalue weighted by atomic mass is 9.69. The van der Waals surface area contributed by atoms with Gasteiger partial charge in [-0.05, 0) is 87.3 Å². The number of hydrogen-bond donors (Lipinski definition) is 2. The van der Waals surface area contributed by atoms with E-state index < -0.39 is 17.1 Å². The number of nitrogens with zero attached hydrogens (tertiary/aromatic N) is 1. The number of carboxylic acid groups (broad SMARTS) is 1. The van der Waals surface area contributed by atoms with Gasteiger partial charge < -0.3 is 15.1 Å². The number of hydrogen-bond acceptors (Lipinski definition) is 3. The van der Waals surface area contributed by atoms with Crippen LogP contribution in [0.3, 0.4) is 0 Å². The van der Waals surface area contributed by atoms with E-state index in [1.54, 1.807) is 0 Å². The van der Waals surface area contributed by atoms with Gasteiger partial charge in [-0.25, -0.2) is 4.79 Å². The van der Waals surface area contributed by atoms with Crippen LogP contribution >= 0.6 is 0 Å². The third-order valence-electron chi connectivity index (χ3n) is 9.00. The zero-order valence-corrected chi connectivity index (χ0v) is 24.2. The average molecular weight is 520 g/mol. The monoisotopic (exact) mass is 519 g/mol. The molecule has 2 aromatic carbocycles. The maximum atomic E-state index is 13.2. The number of amides is 1. The smallest absolute Gasteiger partial charge is 0.329 e. The predicted molar refractivity (Wildman–Crippen MR) is 155 cm³/mol. The highest BCUT2D eigenvalue weighted by molar-refractivity contribution is 5.98. The average Bonchev–Trinajstić information content (AvgIpc) is 2.89. The van der Waals surface area contributed by atoms with Crippen molar-refractivity contribution in [2.75, 3.05) is 7.05 Å². The van der Waals surface area contributed by atoms with Gasteiger partial charge in [0.05, 0.1) is 5.60 Å². The van der Waals surface area contributed by atoms with Gasteiger partial charge in [0, 0.05) is 18.0 Å². The summed E-state index contributed by atoms with van der Waals surface area (Å²) in [4.78, 5) is 26.2. The van der Waals surface area contributed by atoms with Crippen molar-refractivity contribution in [3.63, 3.8) is 0 Å². The van der Waals surface area contributed by atoms with Gasteiger partial charge in [-0.15, -0.1) is 0 Å². The van der Waals surface area contributed by atoms with Gasteiger partial charge in [-0.3, -0.25) is 4.79 Å². The Balaban J connectivity index is 1.95. The largest absolute Gasteiger partial charge is 0.480 e. The molecule has 38 heavy (non-hydrogen) atoms. The molecule has 0 heterocycles. The van der Waals surface area contributed by atoms with Gasteiger partial charge in [0.15, 0.2) is 0 Å². The van der Waals surface area contributed by atoms with Crippen LogP contribution in [0.2, 0.25) is 0 Å². The summed E-state index contributed by atoms with van der Waals surface area (Å²) in [5.41, 5.74) is 3.82. The lowest BCUT2D eigenvalue weighted by Gasteiger charge is -2.35. The summed E-state index contributed by atoms with van der Waals surface area (Å²) in [6.45, 7) is 11.5. The first-order chi connectivity index (χ1) is 17.8. The first kappa shape index (κ1) is 29.6. The van der Waals surface area contributed by atoms with Crippen molar-refractivity contribution in [1.29, 1.82) is 0 Å². The Labute approximate surface area is 228 Å². The summed E-state index contributed by atoms with van der Waals surface area (Å²) >= 11 is 0. The highest BCUT2D eigenvalue weighted by Gasteiger charge is 2.37. The third kappa shape index (κ3) is 5.73. The van der Waals surface area contributed by atoms with Crippen LogP contribution in [0, 0.1) is 13.8 Å². The Bertz CT molecular complexity index is 1200. The minimum atomic E-state index is -1.31. The molecule has 5 heteroatoms. The molecule has 1 aliphatic carbocycles. The van der Waals surface area contributed by atoms with Crippen molar-refractivity contribution < 1.29 is 19.8 Å². The number of carboxylic acids is 1. The summed E-state index contributed by atoms with van der Waals surface area (Å²) < 4.78 is 0. The summed E-state index contributed by atoms with van der Waals surface area (Å²) in [5, 5.41) is 20.4. The summed E-state index contributed by atoms with van der Waals surface area (Å²) in [6.07, 6.45) is 10.9. The Hall–Kier alpha value is -2.92. The number of benzene rings is 2. The minimum Gasteiger partial charge on any atom is -0.480 e. The van der Waals surface area contributed by atoms with Crippen molar-refractivity contribution in [2.24, 2.45) is 0 Å². The number of carbonyl (C=O) groups is 2. The number of aryl methyl sites for hydroxylation is 2. The molecule has 3 rings (SSSR count). The van der Waals surface area contributed by atoms with Gasteiger partial charge in [-0.1, -0.05) is 75.6 Å². The molecule has 2 aromatic rings. The van der Waals surface area contributed by atoms with Gasteiger partial charge in [-0.2, -0.15) is 0 Å². The highest BCUT2D eigenvalue weighted by atomic mass is 16.4. The van der Waals surface area contributed by atoms with E-state index in [2.05, 4.69) is 51.1 Å². The van der Waals surface area contributed by atoms with E-state index in [0.29, 0.717) is 5.56 Å². The van der Waals surface area contributed by atoms with Crippen molar-refractivity contribution in [3.8, 4) is 0 Å². The molecule has 1 amide bonds. The summed E-state index contributed by atoms with van der Waals surface area (Å²) in [5.74, 6) is -1.34. The van der Waals surface area contributed by atoms with E-state index in [9.17, 15) is 19.8 Å². The predicted octanol–water partition coefficient (Wildman–Crippen LogP) is 7.05. The van der Waals surface area contributed by atoms with E-state index in [4.69, 9.17) is 0 Å². The Morgan fingerprint density at radius 1 is 0.947 bits per heavy atom. The minimum absolute atomic E-state index is 0.215. The molecular weight excluding hydrogens is 474 g/mol. The second kappa shape index (κ2) is 11.4. The molecule has 5 nitrogen and oxygen atoms in total. The lowest BCUT2D eigenvalue weighted by Crippen LogP contribution is -2.50. The van der Waals surface area contributed by atoms with Crippen LogP contribution < -0.4 is 0 Å². The number of rotatable bonds is 9. The quantitative estimate of drug-likeness (QED) is 0.372. The van der Waals surface area contributed by atoms with E-state index in [-0.39, 0.29) is 11.3 Å². The van der Waals surface area contributed by atoms with Gasteiger partial charge in [0.1, 0.15) is 5.54 Å². The topological polar surface area (TPSA) is 77.8 Å². The molecule has 2 N–H and O–H groups in total. The van der Waals surface area contributed by atoms with Gasteiger partial charge in [0.2, 0.25) is 0 Å². The fraction of sp³-hybridized carbons (Fsp3) is 0.515. The van der Waals surface area contributed by atoms with Crippen LogP contribution in [0.25, 0.3) is 6.08 Å².